The fourth-order valence-corrected chi connectivity index (χ4v) is 3.34. The number of nitrogens with two attached hydrogens (primary N) is 1. The third-order valence-corrected chi connectivity index (χ3v) is 4.91. The zero-order valence-corrected chi connectivity index (χ0v) is 13.4. The number of benzene rings is 2. The molecule has 0 unspecified atom stereocenters. The summed E-state index contributed by atoms with van der Waals surface area (Å²) in [6.07, 6.45) is 0.468. The second kappa shape index (κ2) is 6.55. The van der Waals surface area contributed by atoms with E-state index >= 15 is 0 Å². The van der Waals surface area contributed by atoms with Gasteiger partial charge in [-0.2, -0.15) is 0 Å². The van der Waals surface area contributed by atoms with Gasteiger partial charge in [0.05, 0.1) is 5.69 Å². The van der Waals surface area contributed by atoms with Crippen molar-refractivity contribution in [2.24, 2.45) is 0 Å². The third-order valence-electron chi connectivity index (χ3n) is 2.88. The number of rotatable bonds is 5. The molecule has 0 radical (unpaired) electrons. The SMILES string of the molecule is Nc1cc(Br)ccc1S(=O)(=O)NCCc1ccc(F)cc1. The molecule has 2 aromatic rings. The molecule has 0 atom stereocenters. The first kappa shape index (κ1) is 15.9. The van der Waals surface area contributed by atoms with Gasteiger partial charge < -0.3 is 5.73 Å². The normalized spacial score (nSPS) is 11.5. The van der Waals surface area contributed by atoms with Crippen LogP contribution in [0.5, 0.6) is 0 Å². The topological polar surface area (TPSA) is 72.2 Å². The van der Waals surface area contributed by atoms with Gasteiger partial charge in [0.1, 0.15) is 10.7 Å². The standard InChI is InChI=1S/C14H14BrFN2O2S/c15-11-3-6-14(13(17)9-11)21(19,20)18-8-7-10-1-4-12(16)5-2-10/h1-6,9,18H,7-8,17H2. The van der Waals surface area contributed by atoms with E-state index in [0.29, 0.717) is 10.9 Å². The highest BCUT2D eigenvalue weighted by Crippen LogP contribution is 2.22. The molecule has 112 valence electrons. The summed E-state index contributed by atoms with van der Waals surface area (Å²) in [7, 11) is -3.66. The molecule has 2 aromatic carbocycles. The zero-order chi connectivity index (χ0) is 15.5. The molecule has 3 N–H and O–H groups in total. The molecule has 2 rings (SSSR count). The highest BCUT2D eigenvalue weighted by atomic mass is 79.9. The van der Waals surface area contributed by atoms with Crippen LogP contribution in [0.1, 0.15) is 5.56 Å². The van der Waals surface area contributed by atoms with Gasteiger partial charge in [-0.3, -0.25) is 0 Å². The van der Waals surface area contributed by atoms with E-state index in [4.69, 9.17) is 5.73 Å². The minimum absolute atomic E-state index is 0.0461. The molecule has 0 amide bonds. The van der Waals surface area contributed by atoms with E-state index < -0.39 is 10.0 Å². The molecule has 0 bridgehead atoms. The number of sulfonamides is 1. The Morgan fingerprint density at radius 2 is 1.81 bits per heavy atom. The van der Waals surface area contributed by atoms with Crippen LogP contribution in [0.2, 0.25) is 0 Å². The minimum atomic E-state index is -3.66. The molecule has 0 aliphatic rings. The Bertz CT molecular complexity index is 733. The van der Waals surface area contributed by atoms with Crippen molar-refractivity contribution in [1.82, 2.24) is 4.72 Å². The summed E-state index contributed by atoms with van der Waals surface area (Å²) in [4.78, 5) is 0.0461. The van der Waals surface area contributed by atoms with Crippen LogP contribution >= 0.6 is 15.9 Å². The van der Waals surface area contributed by atoms with Gasteiger partial charge in [-0.15, -0.1) is 0 Å². The summed E-state index contributed by atoms with van der Waals surface area (Å²) in [5.74, 6) is -0.318. The number of hydrogen-bond acceptors (Lipinski definition) is 3. The number of nitrogen functional groups attached to an aromatic ring is 1. The van der Waals surface area contributed by atoms with Crippen molar-refractivity contribution in [3.63, 3.8) is 0 Å². The Morgan fingerprint density at radius 1 is 1.14 bits per heavy atom. The van der Waals surface area contributed by atoms with Gasteiger partial charge in [0.2, 0.25) is 10.0 Å². The summed E-state index contributed by atoms with van der Waals surface area (Å²) in [5, 5.41) is 0. The van der Waals surface area contributed by atoms with Crippen LogP contribution in [0.25, 0.3) is 0 Å². The van der Waals surface area contributed by atoms with E-state index in [9.17, 15) is 12.8 Å². The van der Waals surface area contributed by atoms with Gasteiger partial charge in [0.15, 0.2) is 0 Å². The molecule has 0 saturated carbocycles. The van der Waals surface area contributed by atoms with E-state index in [2.05, 4.69) is 20.7 Å². The molecule has 4 nitrogen and oxygen atoms in total. The molecule has 0 aliphatic heterocycles. The van der Waals surface area contributed by atoms with Gasteiger partial charge >= 0.3 is 0 Å². The summed E-state index contributed by atoms with van der Waals surface area (Å²) < 4.78 is 40.2. The van der Waals surface area contributed by atoms with Gasteiger partial charge in [-0.25, -0.2) is 17.5 Å². The van der Waals surface area contributed by atoms with Crippen molar-refractivity contribution in [1.29, 1.82) is 0 Å². The van der Waals surface area contributed by atoms with Crippen LogP contribution < -0.4 is 10.5 Å². The van der Waals surface area contributed by atoms with Crippen molar-refractivity contribution in [3.05, 3.63) is 58.3 Å². The molecule has 0 aliphatic carbocycles. The highest BCUT2D eigenvalue weighted by molar-refractivity contribution is 9.10. The van der Waals surface area contributed by atoms with Crippen LogP contribution in [-0.2, 0) is 16.4 Å². The molecule has 7 heteroatoms. The molecule has 0 aromatic heterocycles. The Hall–Kier alpha value is -1.44. The minimum Gasteiger partial charge on any atom is -0.398 e. The quantitative estimate of drug-likeness (QED) is 0.792. The zero-order valence-electron chi connectivity index (χ0n) is 11.0. The lowest BCUT2D eigenvalue weighted by Gasteiger charge is -2.09. The Kier molecular flexibility index (Phi) is 4.97. The van der Waals surface area contributed by atoms with Crippen molar-refractivity contribution < 1.29 is 12.8 Å². The predicted molar refractivity (Wildman–Crippen MR) is 83.8 cm³/mol. The summed E-state index contributed by atoms with van der Waals surface area (Å²) >= 11 is 3.23. The smallest absolute Gasteiger partial charge is 0.242 e. The first-order valence-electron chi connectivity index (χ1n) is 6.17. The summed E-state index contributed by atoms with van der Waals surface area (Å²) in [6.45, 7) is 0.212. The average molecular weight is 373 g/mol. The lowest BCUT2D eigenvalue weighted by molar-refractivity contribution is 0.582. The molecule has 0 fully saturated rings. The Balaban J connectivity index is 2.03. The largest absolute Gasteiger partial charge is 0.398 e. The van der Waals surface area contributed by atoms with E-state index in [1.807, 2.05) is 0 Å². The monoisotopic (exact) mass is 372 g/mol. The maximum atomic E-state index is 12.8. The molecule has 0 saturated heterocycles. The second-order valence-electron chi connectivity index (χ2n) is 4.46. The molecule has 0 heterocycles. The van der Waals surface area contributed by atoms with Crippen molar-refractivity contribution in [2.75, 3.05) is 12.3 Å². The van der Waals surface area contributed by atoms with Crippen LogP contribution in [0.4, 0.5) is 10.1 Å². The lowest BCUT2D eigenvalue weighted by Crippen LogP contribution is -2.26. The van der Waals surface area contributed by atoms with E-state index in [1.54, 1.807) is 18.2 Å². The van der Waals surface area contributed by atoms with Gasteiger partial charge in [-0.05, 0) is 42.3 Å². The van der Waals surface area contributed by atoms with E-state index in [0.717, 1.165) is 5.56 Å². The van der Waals surface area contributed by atoms with Crippen molar-refractivity contribution in [3.8, 4) is 0 Å². The van der Waals surface area contributed by atoms with Crippen LogP contribution in [-0.4, -0.2) is 15.0 Å². The average Bonchev–Trinajstić information content (AvgIpc) is 2.40. The van der Waals surface area contributed by atoms with Gasteiger partial charge in [0, 0.05) is 11.0 Å². The lowest BCUT2D eigenvalue weighted by atomic mass is 10.1. The van der Waals surface area contributed by atoms with Gasteiger partial charge in [-0.1, -0.05) is 28.1 Å². The molecular weight excluding hydrogens is 359 g/mol. The highest BCUT2D eigenvalue weighted by Gasteiger charge is 2.16. The number of halogens is 2. The Morgan fingerprint density at radius 3 is 2.43 bits per heavy atom. The predicted octanol–water partition coefficient (Wildman–Crippen LogP) is 2.69. The molecule has 21 heavy (non-hydrogen) atoms. The second-order valence-corrected chi connectivity index (χ2v) is 7.11. The van der Waals surface area contributed by atoms with Crippen molar-refractivity contribution in [2.45, 2.75) is 11.3 Å². The Labute approximate surface area is 131 Å². The van der Waals surface area contributed by atoms with Crippen LogP contribution in [0, 0.1) is 5.82 Å². The molecular formula is C14H14BrFN2O2S. The van der Waals surface area contributed by atoms with E-state index in [-0.39, 0.29) is 22.9 Å². The maximum Gasteiger partial charge on any atom is 0.242 e. The summed E-state index contributed by atoms with van der Waals surface area (Å²) in [6, 6.07) is 10.5. The fraction of sp³-hybridized carbons (Fsp3) is 0.143. The summed E-state index contributed by atoms with van der Waals surface area (Å²) in [5.41, 5.74) is 6.75. The van der Waals surface area contributed by atoms with E-state index in [1.165, 1.54) is 24.3 Å². The van der Waals surface area contributed by atoms with Crippen LogP contribution in [0.3, 0.4) is 0 Å². The van der Waals surface area contributed by atoms with Crippen molar-refractivity contribution >= 4 is 31.6 Å². The first-order valence-corrected chi connectivity index (χ1v) is 8.45. The maximum absolute atomic E-state index is 12.8. The molecule has 0 spiro atoms. The van der Waals surface area contributed by atoms with Gasteiger partial charge in [0.25, 0.3) is 0 Å². The first-order chi connectivity index (χ1) is 9.88. The number of hydrogen-bond donors (Lipinski definition) is 2. The van der Waals surface area contributed by atoms with Crippen LogP contribution in [0.15, 0.2) is 51.8 Å². The number of anilines is 1. The number of nitrogens with one attached hydrogen (secondary N) is 1. The third kappa shape index (κ3) is 4.26. The fourth-order valence-electron chi connectivity index (χ4n) is 1.82.